The van der Waals surface area contributed by atoms with E-state index in [0.29, 0.717) is 6.04 Å². The Morgan fingerprint density at radius 2 is 1.76 bits per heavy atom. The van der Waals surface area contributed by atoms with E-state index in [1.165, 1.54) is 16.7 Å². The largest absolute Gasteiger partial charge is 0.312 e. The number of aryl methyl sites for hydroxylation is 1. The molecule has 1 aromatic carbocycles. The Kier molecular flexibility index (Phi) is 5.90. The van der Waals surface area contributed by atoms with Crippen molar-refractivity contribution >= 4 is 0 Å². The van der Waals surface area contributed by atoms with E-state index in [1.54, 1.807) is 0 Å². The average Bonchev–Trinajstić information content (AvgIpc) is 2.53. The summed E-state index contributed by atoms with van der Waals surface area (Å²) < 4.78 is 0. The summed E-state index contributed by atoms with van der Waals surface area (Å²) in [5, 5.41) is 3.43. The van der Waals surface area contributed by atoms with E-state index in [0.717, 1.165) is 19.6 Å². The first kappa shape index (κ1) is 15.7. The Balaban J connectivity index is 2.03. The molecule has 0 radical (unpaired) electrons. The number of hydrogen-bond acceptors (Lipinski definition) is 3. The van der Waals surface area contributed by atoms with Crippen LogP contribution in [0.25, 0.3) is 0 Å². The maximum Gasteiger partial charge on any atom is 0.0447 e. The van der Waals surface area contributed by atoms with Crippen LogP contribution in [0, 0.1) is 6.92 Å². The van der Waals surface area contributed by atoms with Crippen LogP contribution in [-0.2, 0) is 6.54 Å². The molecule has 0 bridgehead atoms. The molecule has 21 heavy (non-hydrogen) atoms. The first-order valence-corrected chi connectivity index (χ1v) is 7.58. The van der Waals surface area contributed by atoms with Crippen molar-refractivity contribution in [3.63, 3.8) is 0 Å². The van der Waals surface area contributed by atoms with E-state index in [-0.39, 0.29) is 0 Å². The second-order valence-electron chi connectivity index (χ2n) is 5.44. The van der Waals surface area contributed by atoms with Crippen molar-refractivity contribution in [1.29, 1.82) is 0 Å². The van der Waals surface area contributed by atoms with E-state index >= 15 is 0 Å². The van der Waals surface area contributed by atoms with Gasteiger partial charge in [0.2, 0.25) is 0 Å². The van der Waals surface area contributed by atoms with Gasteiger partial charge in [-0.2, -0.15) is 0 Å². The zero-order valence-corrected chi connectivity index (χ0v) is 13.2. The van der Waals surface area contributed by atoms with Crippen molar-refractivity contribution in [3.8, 4) is 0 Å². The van der Waals surface area contributed by atoms with Crippen LogP contribution in [0.15, 0.2) is 48.8 Å². The van der Waals surface area contributed by atoms with Crippen molar-refractivity contribution in [3.05, 3.63) is 65.5 Å². The molecule has 0 fully saturated rings. The molecular weight excluding hydrogens is 258 g/mol. The van der Waals surface area contributed by atoms with Crippen molar-refractivity contribution < 1.29 is 0 Å². The van der Waals surface area contributed by atoms with Crippen molar-refractivity contribution in [2.45, 2.75) is 26.4 Å². The maximum absolute atomic E-state index is 4.08. The highest BCUT2D eigenvalue weighted by Gasteiger charge is 2.13. The number of nitrogens with one attached hydrogen (secondary N) is 1. The highest BCUT2D eigenvalue weighted by atomic mass is 15.1. The van der Waals surface area contributed by atoms with Crippen LogP contribution < -0.4 is 5.32 Å². The molecule has 2 rings (SSSR count). The summed E-state index contributed by atoms with van der Waals surface area (Å²) in [5.41, 5.74) is 3.96. The molecule has 1 heterocycles. The number of hydrogen-bond donors (Lipinski definition) is 1. The first-order valence-electron chi connectivity index (χ1n) is 7.58. The first-order chi connectivity index (χ1) is 10.2. The molecule has 2 aromatic rings. The predicted octanol–water partition coefficient (Wildman–Crippen LogP) is 3.17. The zero-order chi connectivity index (χ0) is 15.1. The van der Waals surface area contributed by atoms with Crippen LogP contribution in [0.3, 0.4) is 0 Å². The normalized spacial score (nSPS) is 12.6. The maximum atomic E-state index is 4.08. The van der Waals surface area contributed by atoms with Crippen LogP contribution in [0.5, 0.6) is 0 Å². The number of aromatic nitrogens is 1. The molecular formula is C18H25N3. The molecule has 112 valence electrons. The second kappa shape index (κ2) is 7.91. The molecule has 0 saturated carbocycles. The minimum Gasteiger partial charge on any atom is -0.312 e. The van der Waals surface area contributed by atoms with E-state index in [4.69, 9.17) is 0 Å². The summed E-state index contributed by atoms with van der Waals surface area (Å²) >= 11 is 0. The van der Waals surface area contributed by atoms with E-state index in [9.17, 15) is 0 Å². The lowest BCUT2D eigenvalue weighted by Gasteiger charge is -2.26. The fourth-order valence-corrected chi connectivity index (χ4v) is 2.47. The Labute approximate surface area is 128 Å². The summed E-state index contributed by atoms with van der Waals surface area (Å²) in [7, 11) is 2.03. The predicted molar refractivity (Wildman–Crippen MR) is 88.2 cm³/mol. The molecule has 0 amide bonds. The highest BCUT2D eigenvalue weighted by molar-refractivity contribution is 5.24. The fraction of sp³-hybridized carbons (Fsp3) is 0.389. The van der Waals surface area contributed by atoms with Gasteiger partial charge in [0.25, 0.3) is 0 Å². The smallest absolute Gasteiger partial charge is 0.0447 e. The van der Waals surface area contributed by atoms with Gasteiger partial charge >= 0.3 is 0 Å². The van der Waals surface area contributed by atoms with Crippen molar-refractivity contribution in [2.24, 2.45) is 0 Å². The van der Waals surface area contributed by atoms with Gasteiger partial charge in [0.1, 0.15) is 0 Å². The lowest BCUT2D eigenvalue weighted by atomic mass is 10.0. The van der Waals surface area contributed by atoms with Gasteiger partial charge in [-0.1, -0.05) is 36.8 Å². The summed E-state index contributed by atoms with van der Waals surface area (Å²) in [5.74, 6) is 0. The monoisotopic (exact) mass is 283 g/mol. The summed E-state index contributed by atoms with van der Waals surface area (Å²) in [4.78, 5) is 6.54. The number of nitrogens with zero attached hydrogens (tertiary/aromatic N) is 2. The number of pyridine rings is 1. The Morgan fingerprint density at radius 1 is 1.10 bits per heavy atom. The topological polar surface area (TPSA) is 28.2 Å². The van der Waals surface area contributed by atoms with Crippen molar-refractivity contribution in [2.75, 3.05) is 20.1 Å². The lowest BCUT2D eigenvalue weighted by molar-refractivity contribution is 0.250. The van der Waals surface area contributed by atoms with E-state index < -0.39 is 0 Å². The molecule has 0 spiro atoms. The van der Waals surface area contributed by atoms with Gasteiger partial charge in [0.05, 0.1) is 0 Å². The van der Waals surface area contributed by atoms with Gasteiger partial charge in [-0.05, 0) is 43.8 Å². The second-order valence-corrected chi connectivity index (χ2v) is 5.44. The zero-order valence-electron chi connectivity index (χ0n) is 13.2. The molecule has 0 saturated heterocycles. The molecule has 1 aromatic heterocycles. The third kappa shape index (κ3) is 4.66. The van der Waals surface area contributed by atoms with Crippen LogP contribution >= 0.6 is 0 Å². The van der Waals surface area contributed by atoms with Gasteiger partial charge in [0.15, 0.2) is 0 Å². The van der Waals surface area contributed by atoms with E-state index in [2.05, 4.69) is 65.4 Å². The summed E-state index contributed by atoms with van der Waals surface area (Å²) in [6.07, 6.45) is 3.72. The fourth-order valence-electron chi connectivity index (χ4n) is 2.47. The van der Waals surface area contributed by atoms with Crippen LogP contribution in [-0.4, -0.2) is 30.0 Å². The van der Waals surface area contributed by atoms with Gasteiger partial charge in [-0.3, -0.25) is 9.88 Å². The molecule has 1 atom stereocenters. The molecule has 3 nitrogen and oxygen atoms in total. The molecule has 0 aliphatic carbocycles. The van der Waals surface area contributed by atoms with Crippen LogP contribution in [0.2, 0.25) is 0 Å². The number of likely N-dealkylation sites (N-methyl/N-ethyl adjacent to an activating group) is 2. The van der Waals surface area contributed by atoms with Crippen LogP contribution in [0.1, 0.15) is 29.7 Å². The molecule has 3 heteroatoms. The Hall–Kier alpha value is -1.71. The summed E-state index contributed by atoms with van der Waals surface area (Å²) in [6, 6.07) is 13.3. The number of benzene rings is 1. The molecule has 1 unspecified atom stereocenters. The van der Waals surface area contributed by atoms with Gasteiger partial charge in [0, 0.05) is 31.5 Å². The Bertz CT molecular complexity index is 522. The molecule has 0 aliphatic heterocycles. The van der Waals surface area contributed by atoms with Gasteiger partial charge < -0.3 is 5.32 Å². The summed E-state index contributed by atoms with van der Waals surface area (Å²) in [6.45, 7) is 7.33. The quantitative estimate of drug-likeness (QED) is 0.846. The average molecular weight is 283 g/mol. The highest BCUT2D eigenvalue weighted by Crippen LogP contribution is 2.16. The number of rotatable bonds is 7. The minimum absolute atomic E-state index is 0.354. The van der Waals surface area contributed by atoms with Crippen LogP contribution in [0.4, 0.5) is 0 Å². The third-order valence-electron chi connectivity index (χ3n) is 3.87. The molecule has 0 aliphatic rings. The standard InChI is InChI=1S/C18H25N3/c1-4-21(13-16-9-11-20-12-10-16)14-18(19-3)17-7-5-15(2)6-8-17/h5-12,18-19H,4,13-14H2,1-3H3. The van der Waals surface area contributed by atoms with Crippen molar-refractivity contribution in [1.82, 2.24) is 15.2 Å². The SMILES string of the molecule is CCN(Cc1ccncc1)CC(NC)c1ccc(C)cc1. The van der Waals surface area contributed by atoms with E-state index in [1.807, 2.05) is 19.4 Å². The minimum atomic E-state index is 0.354. The Morgan fingerprint density at radius 3 is 2.33 bits per heavy atom. The molecule has 1 N–H and O–H groups in total. The lowest BCUT2D eigenvalue weighted by Crippen LogP contribution is -2.33. The van der Waals surface area contributed by atoms with Gasteiger partial charge in [-0.25, -0.2) is 0 Å². The van der Waals surface area contributed by atoms with Gasteiger partial charge in [-0.15, -0.1) is 0 Å². The third-order valence-corrected chi connectivity index (χ3v) is 3.87.